The van der Waals surface area contributed by atoms with E-state index in [0.29, 0.717) is 13.0 Å². The molecule has 1 fully saturated rings. The minimum absolute atomic E-state index is 0.0214. The van der Waals surface area contributed by atoms with Gasteiger partial charge in [0.1, 0.15) is 12.2 Å². The minimum atomic E-state index is -1.15. The van der Waals surface area contributed by atoms with Crippen molar-refractivity contribution in [2.75, 3.05) is 18.4 Å². The van der Waals surface area contributed by atoms with Gasteiger partial charge in [0, 0.05) is 19.0 Å². The normalized spacial score (nSPS) is 15.7. The van der Waals surface area contributed by atoms with Crippen LogP contribution < -0.4 is 5.32 Å². The van der Waals surface area contributed by atoms with Gasteiger partial charge in [0.15, 0.2) is 6.10 Å². The van der Waals surface area contributed by atoms with E-state index >= 15 is 0 Å². The Hall–Kier alpha value is -2.97. The van der Waals surface area contributed by atoms with Gasteiger partial charge in [-0.15, -0.1) is 0 Å². The second-order valence-corrected chi connectivity index (χ2v) is 6.02. The Balaban J connectivity index is 1.91. The summed E-state index contributed by atoms with van der Waals surface area (Å²) in [7, 11) is 0. The molecular weight excluding hydrogens is 342 g/mol. The van der Waals surface area contributed by atoms with Crippen molar-refractivity contribution in [3.8, 4) is 0 Å². The molecule has 1 saturated heterocycles. The summed E-state index contributed by atoms with van der Waals surface area (Å²) in [5, 5.41) is 13.3. The molecule has 0 radical (unpaired) electrons. The molecule has 26 heavy (non-hydrogen) atoms. The highest BCUT2D eigenvalue weighted by Gasteiger charge is 2.24. The zero-order chi connectivity index (χ0) is 19.1. The van der Waals surface area contributed by atoms with Crippen LogP contribution in [-0.2, 0) is 19.1 Å². The molecule has 0 aliphatic carbocycles. The van der Waals surface area contributed by atoms with E-state index in [1.54, 1.807) is 6.07 Å². The largest absolute Gasteiger partial charge is 0.451 e. The van der Waals surface area contributed by atoms with E-state index < -0.39 is 22.9 Å². The van der Waals surface area contributed by atoms with E-state index in [1.807, 2.05) is 0 Å². The summed E-state index contributed by atoms with van der Waals surface area (Å²) in [6.07, 6.45) is 1.82. The monoisotopic (exact) mass is 363 g/mol. The Morgan fingerprint density at radius 3 is 2.77 bits per heavy atom. The highest BCUT2D eigenvalue weighted by molar-refractivity contribution is 5.97. The van der Waals surface area contributed by atoms with E-state index in [4.69, 9.17) is 4.74 Å². The summed E-state index contributed by atoms with van der Waals surface area (Å²) in [5.74, 6) is -1.48. The lowest BCUT2D eigenvalue weighted by Gasteiger charge is -2.20. The summed E-state index contributed by atoms with van der Waals surface area (Å²) >= 11 is 0. The molecule has 0 spiro atoms. The third kappa shape index (κ3) is 5.27. The van der Waals surface area contributed by atoms with Crippen molar-refractivity contribution >= 4 is 29.2 Å². The number of esters is 1. The van der Waals surface area contributed by atoms with Gasteiger partial charge in [-0.1, -0.05) is 18.6 Å². The zero-order valence-electron chi connectivity index (χ0n) is 14.5. The molecule has 1 N–H and O–H groups in total. The first-order valence-electron chi connectivity index (χ1n) is 8.40. The van der Waals surface area contributed by atoms with Crippen molar-refractivity contribution in [2.24, 2.45) is 0 Å². The molecule has 140 valence electrons. The van der Waals surface area contributed by atoms with Gasteiger partial charge in [0.2, 0.25) is 5.91 Å². The molecule has 2 rings (SSSR count). The number of amides is 2. The highest BCUT2D eigenvalue weighted by atomic mass is 16.6. The summed E-state index contributed by atoms with van der Waals surface area (Å²) in [5.41, 5.74) is -0.234. The smallest absolute Gasteiger partial charge is 0.326 e. The van der Waals surface area contributed by atoms with E-state index in [-0.39, 0.29) is 23.8 Å². The molecule has 2 amide bonds. The van der Waals surface area contributed by atoms with Crippen LogP contribution >= 0.6 is 0 Å². The third-order valence-corrected chi connectivity index (χ3v) is 4.03. The van der Waals surface area contributed by atoms with Crippen LogP contribution in [0.25, 0.3) is 0 Å². The van der Waals surface area contributed by atoms with Crippen molar-refractivity contribution in [1.29, 1.82) is 0 Å². The quantitative estimate of drug-likeness (QED) is 0.468. The van der Waals surface area contributed by atoms with Gasteiger partial charge in [-0.25, -0.2) is 0 Å². The van der Waals surface area contributed by atoms with Gasteiger partial charge in [-0.3, -0.25) is 24.5 Å². The Morgan fingerprint density at radius 2 is 2.04 bits per heavy atom. The van der Waals surface area contributed by atoms with Gasteiger partial charge in [0.25, 0.3) is 11.6 Å². The molecule has 1 aromatic carbocycles. The van der Waals surface area contributed by atoms with Crippen molar-refractivity contribution in [2.45, 2.75) is 38.7 Å². The van der Waals surface area contributed by atoms with Crippen LogP contribution in [0.4, 0.5) is 11.4 Å². The fraction of sp³-hybridized carbons (Fsp3) is 0.471. The molecule has 9 nitrogen and oxygen atoms in total. The molecule has 1 aliphatic heterocycles. The molecule has 1 aliphatic rings. The van der Waals surface area contributed by atoms with Crippen LogP contribution in [0.2, 0.25) is 0 Å². The minimum Gasteiger partial charge on any atom is -0.451 e. The van der Waals surface area contributed by atoms with Crippen LogP contribution in [0.3, 0.4) is 0 Å². The zero-order valence-corrected chi connectivity index (χ0v) is 14.5. The number of rotatable bonds is 6. The maximum Gasteiger partial charge on any atom is 0.326 e. The van der Waals surface area contributed by atoms with Gasteiger partial charge in [-0.05, 0) is 25.8 Å². The molecule has 0 aromatic heterocycles. The first-order chi connectivity index (χ1) is 12.4. The predicted molar refractivity (Wildman–Crippen MR) is 92.3 cm³/mol. The first-order valence-corrected chi connectivity index (χ1v) is 8.40. The van der Waals surface area contributed by atoms with Gasteiger partial charge >= 0.3 is 5.97 Å². The molecule has 9 heteroatoms. The topological polar surface area (TPSA) is 119 Å². The van der Waals surface area contributed by atoms with E-state index in [2.05, 4.69) is 5.32 Å². The molecule has 1 unspecified atom stereocenters. The molecule has 0 saturated carbocycles. The number of nitrogens with one attached hydrogen (secondary N) is 1. The van der Waals surface area contributed by atoms with Crippen molar-refractivity contribution in [1.82, 2.24) is 4.90 Å². The number of benzene rings is 1. The molecule has 1 atom stereocenters. The number of nitrogens with zero attached hydrogens (tertiary/aromatic N) is 2. The standard InChI is InChI=1S/C17H21N3O6/c1-12(17(23)18-13-7-4-5-8-14(13)20(24)25)26-16(22)11-19-10-6-2-3-9-15(19)21/h4-5,7-8,12H,2-3,6,9-11H2,1H3,(H,18,23). The second kappa shape index (κ2) is 8.93. The third-order valence-electron chi connectivity index (χ3n) is 4.03. The summed E-state index contributed by atoms with van der Waals surface area (Å²) in [6, 6.07) is 5.68. The maximum atomic E-state index is 12.1. The maximum absolute atomic E-state index is 12.1. The predicted octanol–water partition coefficient (Wildman–Crippen LogP) is 1.87. The lowest BCUT2D eigenvalue weighted by molar-refractivity contribution is -0.383. The number of hydrogen-bond acceptors (Lipinski definition) is 6. The molecule has 1 aromatic rings. The van der Waals surface area contributed by atoms with Crippen LogP contribution in [0, 0.1) is 10.1 Å². The van der Waals surface area contributed by atoms with Crippen LogP contribution in [0.5, 0.6) is 0 Å². The van der Waals surface area contributed by atoms with Crippen molar-refractivity contribution in [3.63, 3.8) is 0 Å². The van der Waals surface area contributed by atoms with Crippen molar-refractivity contribution < 1.29 is 24.0 Å². The Morgan fingerprint density at radius 1 is 1.31 bits per heavy atom. The number of carbonyl (C=O) groups excluding carboxylic acids is 3. The van der Waals surface area contributed by atoms with Crippen molar-refractivity contribution in [3.05, 3.63) is 34.4 Å². The molecule has 0 bridgehead atoms. The van der Waals surface area contributed by atoms with E-state index in [1.165, 1.54) is 30.0 Å². The fourth-order valence-corrected chi connectivity index (χ4v) is 2.62. The number of nitro benzene ring substituents is 1. The van der Waals surface area contributed by atoms with Crippen LogP contribution in [0.1, 0.15) is 32.6 Å². The highest BCUT2D eigenvalue weighted by Crippen LogP contribution is 2.23. The number of likely N-dealkylation sites (tertiary alicyclic amines) is 1. The number of ether oxygens (including phenoxy) is 1. The number of anilines is 1. The fourth-order valence-electron chi connectivity index (χ4n) is 2.62. The molecule has 1 heterocycles. The SMILES string of the molecule is CC(OC(=O)CN1CCCCCC1=O)C(=O)Nc1ccccc1[N+](=O)[O-]. The average molecular weight is 363 g/mol. The van der Waals surface area contributed by atoms with Crippen LogP contribution in [-0.4, -0.2) is 46.8 Å². The average Bonchev–Trinajstić information content (AvgIpc) is 2.79. The van der Waals surface area contributed by atoms with Gasteiger partial charge < -0.3 is 15.0 Å². The lowest BCUT2D eigenvalue weighted by Crippen LogP contribution is -2.38. The summed E-state index contributed by atoms with van der Waals surface area (Å²) in [6.45, 7) is 1.65. The Labute approximate surface area is 150 Å². The molecular formula is C17H21N3O6. The number of carbonyl (C=O) groups is 3. The Bertz CT molecular complexity index is 705. The second-order valence-electron chi connectivity index (χ2n) is 6.02. The number of nitro groups is 1. The number of hydrogen-bond donors (Lipinski definition) is 1. The van der Waals surface area contributed by atoms with Crippen LogP contribution in [0.15, 0.2) is 24.3 Å². The van der Waals surface area contributed by atoms with Gasteiger partial charge in [-0.2, -0.15) is 0 Å². The number of para-hydroxylation sites is 2. The summed E-state index contributed by atoms with van der Waals surface area (Å²) in [4.78, 5) is 47.8. The van der Waals surface area contributed by atoms with E-state index in [0.717, 1.165) is 19.3 Å². The lowest BCUT2D eigenvalue weighted by atomic mass is 10.2. The Kier molecular flexibility index (Phi) is 6.65. The first kappa shape index (κ1) is 19.4. The summed E-state index contributed by atoms with van der Waals surface area (Å²) < 4.78 is 5.06. The van der Waals surface area contributed by atoms with E-state index in [9.17, 15) is 24.5 Å². The van der Waals surface area contributed by atoms with Gasteiger partial charge in [0.05, 0.1) is 4.92 Å².